The van der Waals surface area contributed by atoms with Crippen LogP contribution in [0.2, 0.25) is 5.02 Å². The number of H-pyrrole nitrogens is 1. The van der Waals surface area contributed by atoms with E-state index < -0.39 is 17.7 Å². The molecule has 2 N–H and O–H groups in total. The van der Waals surface area contributed by atoms with Gasteiger partial charge in [0.1, 0.15) is 22.7 Å². The molecule has 12 heteroatoms. The fourth-order valence-electron chi connectivity index (χ4n) is 4.86. The summed E-state index contributed by atoms with van der Waals surface area (Å²) in [4.78, 5) is 26.3. The monoisotopic (exact) mass is 484 g/mol. The van der Waals surface area contributed by atoms with Crippen molar-refractivity contribution in [1.82, 2.24) is 25.4 Å². The Bertz CT molecular complexity index is 1540. The minimum Gasteiger partial charge on any atom is -0.313 e. The number of nitrogens with zero attached hydrogens (tertiary/aromatic N) is 4. The Morgan fingerprint density at radius 1 is 1.09 bits per heavy atom. The summed E-state index contributed by atoms with van der Waals surface area (Å²) in [5, 5.41) is 16.4. The van der Waals surface area contributed by atoms with Crippen LogP contribution in [-0.4, -0.2) is 37.5 Å². The summed E-state index contributed by atoms with van der Waals surface area (Å²) in [6.07, 6.45) is 1.92. The zero-order valence-electron chi connectivity index (χ0n) is 17.3. The lowest BCUT2D eigenvalue weighted by molar-refractivity contribution is 0.177. The van der Waals surface area contributed by atoms with Crippen molar-refractivity contribution in [2.24, 2.45) is 0 Å². The summed E-state index contributed by atoms with van der Waals surface area (Å²) < 4.78 is 34.2. The van der Waals surface area contributed by atoms with E-state index >= 15 is 4.39 Å². The Hall–Kier alpha value is -3.86. The highest BCUT2D eigenvalue weighted by atomic mass is 35.5. The van der Waals surface area contributed by atoms with Gasteiger partial charge in [0.05, 0.1) is 22.4 Å². The summed E-state index contributed by atoms with van der Waals surface area (Å²) in [7, 11) is 0. The average Bonchev–Trinajstić information content (AvgIpc) is 3.38. The lowest BCUT2D eigenvalue weighted by Gasteiger charge is -2.35. The van der Waals surface area contributed by atoms with E-state index in [-0.39, 0.29) is 45.0 Å². The van der Waals surface area contributed by atoms with Crippen LogP contribution in [0, 0.1) is 11.6 Å². The third kappa shape index (κ3) is 3.23. The smallest absolute Gasteiger partial charge is 0.313 e. The van der Waals surface area contributed by atoms with Gasteiger partial charge in [-0.25, -0.2) is 23.3 Å². The molecule has 1 fully saturated rings. The molecule has 2 aliphatic heterocycles. The summed E-state index contributed by atoms with van der Waals surface area (Å²) in [6, 6.07) is 5.33. The molecular formula is C22H15ClF2N6O3. The van der Waals surface area contributed by atoms with Crippen LogP contribution in [0.3, 0.4) is 0 Å². The molecule has 0 saturated carbocycles. The lowest BCUT2D eigenvalue weighted by Crippen LogP contribution is -2.45. The number of fused-ring (bicyclic) bond motifs is 5. The highest BCUT2D eigenvalue weighted by Gasteiger charge is 2.44. The standard InChI is InChI=1S/C22H15ClF2N6O3/c23-13-7-16(15(25)5-11(13)12-6-17-18(8-14(12)24)30-34-29-17)26-22(33)31-10-1-2-19(31)21-9(3-10)4-20(32)27-28-21/h4-8,10,19H,1-3H2,(H,26,33)(H,27,32). The Labute approximate surface area is 194 Å². The molecule has 2 unspecified atom stereocenters. The number of nitrogens with one attached hydrogen (secondary N) is 2. The van der Waals surface area contributed by atoms with Crippen molar-refractivity contribution < 1.29 is 18.2 Å². The highest BCUT2D eigenvalue weighted by Crippen LogP contribution is 2.43. The molecule has 172 valence electrons. The van der Waals surface area contributed by atoms with Gasteiger partial charge in [-0.3, -0.25) is 4.79 Å². The molecule has 6 rings (SSSR count). The molecule has 9 nitrogen and oxygen atoms in total. The van der Waals surface area contributed by atoms with Crippen molar-refractivity contribution in [3.8, 4) is 11.1 Å². The van der Waals surface area contributed by atoms with Gasteiger partial charge < -0.3 is 10.2 Å². The predicted molar refractivity (Wildman–Crippen MR) is 117 cm³/mol. The van der Waals surface area contributed by atoms with E-state index in [2.05, 4.69) is 30.5 Å². The van der Waals surface area contributed by atoms with Crippen molar-refractivity contribution in [3.63, 3.8) is 0 Å². The minimum atomic E-state index is -0.780. The molecule has 0 radical (unpaired) electrons. The van der Waals surface area contributed by atoms with Crippen LogP contribution < -0.4 is 10.9 Å². The van der Waals surface area contributed by atoms with Crippen LogP contribution in [0.1, 0.15) is 30.1 Å². The van der Waals surface area contributed by atoms with E-state index in [0.29, 0.717) is 24.1 Å². The van der Waals surface area contributed by atoms with Crippen molar-refractivity contribution in [2.75, 3.05) is 5.32 Å². The number of carbonyl (C=O) groups excluding carboxylic acids is 1. The Morgan fingerprint density at radius 3 is 2.71 bits per heavy atom. The van der Waals surface area contributed by atoms with E-state index in [1.807, 2.05) is 0 Å². The fourth-order valence-corrected chi connectivity index (χ4v) is 5.12. The fraction of sp³-hybridized carbons (Fsp3) is 0.227. The number of hydrogen-bond acceptors (Lipinski definition) is 6. The molecule has 2 amide bonds. The van der Waals surface area contributed by atoms with Crippen molar-refractivity contribution in [2.45, 2.75) is 31.3 Å². The Kier molecular flexibility index (Phi) is 4.63. The van der Waals surface area contributed by atoms with Crippen molar-refractivity contribution in [3.05, 3.63) is 68.6 Å². The number of hydrogen-bond donors (Lipinski definition) is 2. The largest absolute Gasteiger partial charge is 0.322 e. The van der Waals surface area contributed by atoms with Crippen LogP contribution in [0.25, 0.3) is 22.2 Å². The number of rotatable bonds is 2. The molecule has 2 atom stereocenters. The number of aromatic nitrogens is 4. The van der Waals surface area contributed by atoms with Gasteiger partial charge in [0.15, 0.2) is 0 Å². The number of carbonyl (C=O) groups is 1. The summed E-state index contributed by atoms with van der Waals surface area (Å²) >= 11 is 6.35. The van der Waals surface area contributed by atoms with Gasteiger partial charge >= 0.3 is 6.03 Å². The normalized spacial score (nSPS) is 18.9. The second-order valence-corrected chi connectivity index (χ2v) is 8.74. The van der Waals surface area contributed by atoms with Crippen molar-refractivity contribution >= 4 is 34.4 Å². The van der Waals surface area contributed by atoms with Gasteiger partial charge in [-0.15, -0.1) is 0 Å². The first-order valence-electron chi connectivity index (χ1n) is 10.5. The number of urea groups is 1. The quantitative estimate of drug-likeness (QED) is 0.440. The second-order valence-electron chi connectivity index (χ2n) is 8.33. The first-order chi connectivity index (χ1) is 16.4. The van der Waals surface area contributed by atoms with E-state index in [1.165, 1.54) is 18.2 Å². The molecule has 0 aliphatic carbocycles. The SMILES string of the molecule is O=C(Nc1cc(Cl)c(-c2cc3nonc3cc2F)cc1F)N1C2CCC1c1n[nH]c(=O)cc1C2. The maximum Gasteiger partial charge on any atom is 0.322 e. The number of aromatic amines is 1. The maximum absolute atomic E-state index is 15.0. The predicted octanol–water partition coefficient (Wildman–Crippen LogP) is 4.20. The average molecular weight is 485 g/mol. The second kappa shape index (κ2) is 7.59. The van der Waals surface area contributed by atoms with Crippen molar-refractivity contribution in [1.29, 1.82) is 0 Å². The van der Waals surface area contributed by atoms with E-state index in [1.54, 1.807) is 4.90 Å². The molecule has 2 aliphatic rings. The molecule has 2 aromatic heterocycles. The third-order valence-corrected chi connectivity index (χ3v) is 6.67. The summed E-state index contributed by atoms with van der Waals surface area (Å²) in [5.41, 5.74) is 1.67. The molecule has 4 aromatic rings. The van der Waals surface area contributed by atoms with Gasteiger partial charge in [-0.2, -0.15) is 5.10 Å². The van der Waals surface area contributed by atoms with Gasteiger partial charge in [-0.05, 0) is 53.3 Å². The Morgan fingerprint density at radius 2 is 1.88 bits per heavy atom. The summed E-state index contributed by atoms with van der Waals surface area (Å²) in [6.45, 7) is 0. The van der Waals surface area contributed by atoms with Gasteiger partial charge in [-0.1, -0.05) is 11.6 Å². The number of anilines is 1. The Balaban J connectivity index is 1.30. The van der Waals surface area contributed by atoms with Crippen LogP contribution >= 0.6 is 11.6 Å². The first kappa shape index (κ1) is 20.7. The lowest BCUT2D eigenvalue weighted by atomic mass is 9.99. The molecule has 1 saturated heterocycles. The number of amides is 2. The molecule has 2 aromatic carbocycles. The first-order valence-corrected chi connectivity index (χ1v) is 10.9. The zero-order valence-corrected chi connectivity index (χ0v) is 18.1. The molecule has 2 bridgehead atoms. The van der Waals surface area contributed by atoms with Gasteiger partial charge in [0.25, 0.3) is 5.56 Å². The van der Waals surface area contributed by atoms with Crippen LogP contribution in [0.4, 0.5) is 19.3 Å². The third-order valence-electron chi connectivity index (χ3n) is 6.36. The molecular weight excluding hydrogens is 470 g/mol. The van der Waals surface area contributed by atoms with E-state index in [4.69, 9.17) is 11.6 Å². The van der Waals surface area contributed by atoms with E-state index in [9.17, 15) is 14.0 Å². The minimum absolute atomic E-state index is 0.0238. The summed E-state index contributed by atoms with van der Waals surface area (Å²) in [5.74, 6) is -1.45. The molecule has 0 spiro atoms. The topological polar surface area (TPSA) is 117 Å². The number of benzene rings is 2. The van der Waals surface area contributed by atoms with Crippen LogP contribution in [0.15, 0.2) is 39.8 Å². The van der Waals surface area contributed by atoms with Crippen LogP contribution in [-0.2, 0) is 6.42 Å². The molecule has 4 heterocycles. The zero-order chi connectivity index (χ0) is 23.6. The van der Waals surface area contributed by atoms with Crippen LogP contribution in [0.5, 0.6) is 0 Å². The van der Waals surface area contributed by atoms with Gasteiger partial charge in [0.2, 0.25) is 0 Å². The highest BCUT2D eigenvalue weighted by molar-refractivity contribution is 6.33. The van der Waals surface area contributed by atoms with E-state index in [0.717, 1.165) is 24.1 Å². The maximum atomic E-state index is 15.0. The van der Waals surface area contributed by atoms with Gasteiger partial charge in [0, 0.05) is 29.3 Å². The molecule has 34 heavy (non-hydrogen) atoms. The number of halogens is 3.